The van der Waals surface area contributed by atoms with Crippen LogP contribution in [0.4, 0.5) is 5.69 Å². The molecule has 21 heavy (non-hydrogen) atoms. The maximum absolute atomic E-state index is 12.9. The van der Waals surface area contributed by atoms with E-state index in [0.29, 0.717) is 16.9 Å². The van der Waals surface area contributed by atoms with E-state index in [-0.39, 0.29) is 9.92 Å². The maximum Gasteiger partial charge on any atom is 0.270 e. The van der Waals surface area contributed by atoms with E-state index in [1.165, 1.54) is 16.7 Å². The Morgan fingerprint density at radius 1 is 1.43 bits per heavy atom. The molecule has 3 N–H and O–H groups in total. The van der Waals surface area contributed by atoms with E-state index in [0.717, 1.165) is 0 Å². The summed E-state index contributed by atoms with van der Waals surface area (Å²) in [5.41, 5.74) is 7.34. The van der Waals surface area contributed by atoms with E-state index >= 15 is 0 Å². The number of rotatable bonds is 2. The van der Waals surface area contributed by atoms with Crippen molar-refractivity contribution in [3.05, 3.63) is 46.9 Å². The Bertz CT molecular complexity index is 813. The zero-order valence-corrected chi connectivity index (χ0v) is 12.7. The van der Waals surface area contributed by atoms with Crippen LogP contribution in [0, 0.1) is 0 Å². The van der Waals surface area contributed by atoms with Crippen LogP contribution in [0.3, 0.4) is 0 Å². The predicted molar refractivity (Wildman–Crippen MR) is 81.3 cm³/mol. The number of nitrogens with zero attached hydrogens (tertiary/aromatic N) is 2. The standard InChI is InChI=1S/C13H13ClN4O2S/c1-8(15)12-5-9-3-2-4-11(14)13(9)21(19,20)18(12)10-6-16-17-7-10/h2-8H,15H2,1H3,(H,16,17)/t8-/m0/s1. The van der Waals surface area contributed by atoms with Crippen molar-refractivity contribution in [3.63, 3.8) is 0 Å². The monoisotopic (exact) mass is 324 g/mol. The number of hydrogen-bond acceptors (Lipinski definition) is 4. The van der Waals surface area contributed by atoms with Gasteiger partial charge in [-0.15, -0.1) is 0 Å². The molecule has 2 heterocycles. The molecule has 110 valence electrons. The summed E-state index contributed by atoms with van der Waals surface area (Å²) in [6.45, 7) is 1.73. The van der Waals surface area contributed by atoms with Crippen molar-refractivity contribution in [2.24, 2.45) is 5.73 Å². The number of hydrogen-bond donors (Lipinski definition) is 2. The first-order valence-corrected chi connectivity index (χ1v) is 8.04. The normalized spacial score (nSPS) is 18.0. The summed E-state index contributed by atoms with van der Waals surface area (Å²) in [5, 5.41) is 6.59. The SMILES string of the molecule is C[C@H](N)C1=Cc2cccc(Cl)c2S(=O)(=O)N1c1cn[nH]c1. The largest absolute Gasteiger partial charge is 0.323 e. The van der Waals surface area contributed by atoms with Crippen LogP contribution in [0.2, 0.25) is 5.02 Å². The quantitative estimate of drug-likeness (QED) is 0.883. The first-order valence-electron chi connectivity index (χ1n) is 6.22. The van der Waals surface area contributed by atoms with Crippen LogP contribution in [0.25, 0.3) is 6.08 Å². The lowest BCUT2D eigenvalue weighted by atomic mass is 10.1. The summed E-state index contributed by atoms with van der Waals surface area (Å²) >= 11 is 6.09. The molecule has 0 saturated carbocycles. The molecule has 1 aromatic heterocycles. The van der Waals surface area contributed by atoms with E-state index < -0.39 is 16.1 Å². The fourth-order valence-corrected chi connectivity index (χ4v) is 4.59. The summed E-state index contributed by atoms with van der Waals surface area (Å²) in [5.74, 6) is 0. The van der Waals surface area contributed by atoms with E-state index in [4.69, 9.17) is 17.3 Å². The number of fused-ring (bicyclic) bond motifs is 1. The van der Waals surface area contributed by atoms with Crippen molar-refractivity contribution in [1.29, 1.82) is 0 Å². The first-order chi connectivity index (χ1) is 9.93. The highest BCUT2D eigenvalue weighted by molar-refractivity contribution is 7.93. The van der Waals surface area contributed by atoms with Gasteiger partial charge in [-0.3, -0.25) is 5.10 Å². The van der Waals surface area contributed by atoms with Crippen molar-refractivity contribution in [2.45, 2.75) is 17.9 Å². The number of benzene rings is 1. The molecule has 6 nitrogen and oxygen atoms in total. The molecular weight excluding hydrogens is 312 g/mol. The Hall–Kier alpha value is -1.83. The lowest BCUT2D eigenvalue weighted by Crippen LogP contribution is -2.40. The molecule has 0 aliphatic carbocycles. The van der Waals surface area contributed by atoms with Crippen molar-refractivity contribution in [2.75, 3.05) is 4.31 Å². The number of aromatic amines is 1. The summed E-state index contributed by atoms with van der Waals surface area (Å²) in [4.78, 5) is 0.0808. The number of anilines is 1. The summed E-state index contributed by atoms with van der Waals surface area (Å²) in [7, 11) is -3.84. The van der Waals surface area contributed by atoms with Gasteiger partial charge in [0.1, 0.15) is 4.90 Å². The summed E-state index contributed by atoms with van der Waals surface area (Å²) in [6.07, 6.45) is 4.66. The Kier molecular flexibility index (Phi) is 3.27. The van der Waals surface area contributed by atoms with Gasteiger partial charge in [0.05, 0.1) is 22.6 Å². The molecule has 0 saturated heterocycles. The fourth-order valence-electron chi connectivity index (χ4n) is 2.32. The highest BCUT2D eigenvalue weighted by atomic mass is 35.5. The second-order valence-corrected chi connectivity index (χ2v) is 6.87. The molecule has 1 aromatic carbocycles. The molecule has 1 aliphatic rings. The molecule has 0 unspecified atom stereocenters. The third-order valence-corrected chi connectivity index (χ3v) is 5.52. The topological polar surface area (TPSA) is 92.1 Å². The second-order valence-electron chi connectivity index (χ2n) is 4.74. The van der Waals surface area contributed by atoms with Crippen LogP contribution in [-0.2, 0) is 10.0 Å². The maximum atomic E-state index is 12.9. The number of halogens is 1. The Morgan fingerprint density at radius 3 is 2.81 bits per heavy atom. The number of H-pyrrole nitrogens is 1. The average Bonchev–Trinajstić information content (AvgIpc) is 2.90. The highest BCUT2D eigenvalue weighted by Gasteiger charge is 2.37. The predicted octanol–water partition coefficient (Wildman–Crippen LogP) is 1.96. The van der Waals surface area contributed by atoms with Gasteiger partial charge >= 0.3 is 0 Å². The molecule has 0 bridgehead atoms. The van der Waals surface area contributed by atoms with Gasteiger partial charge in [0, 0.05) is 12.2 Å². The first kappa shape index (κ1) is 14.1. The van der Waals surface area contributed by atoms with E-state index in [2.05, 4.69) is 10.2 Å². The number of nitrogens with one attached hydrogen (secondary N) is 1. The molecule has 0 fully saturated rings. The molecule has 3 rings (SSSR count). The van der Waals surface area contributed by atoms with Crippen LogP contribution < -0.4 is 10.0 Å². The molecule has 0 radical (unpaired) electrons. The van der Waals surface area contributed by atoms with Gasteiger partial charge in [0.25, 0.3) is 10.0 Å². The molecule has 1 aliphatic heterocycles. The van der Waals surface area contributed by atoms with Gasteiger partial charge in [-0.1, -0.05) is 23.7 Å². The van der Waals surface area contributed by atoms with E-state index in [1.807, 2.05) is 0 Å². The molecule has 1 atom stereocenters. The minimum absolute atomic E-state index is 0.0808. The van der Waals surface area contributed by atoms with Crippen LogP contribution in [0.15, 0.2) is 41.2 Å². The molecule has 8 heteroatoms. The zero-order valence-electron chi connectivity index (χ0n) is 11.1. The van der Waals surface area contributed by atoms with Gasteiger partial charge in [-0.05, 0) is 24.6 Å². The van der Waals surface area contributed by atoms with Crippen LogP contribution in [0.5, 0.6) is 0 Å². The van der Waals surface area contributed by atoms with Crippen molar-refractivity contribution >= 4 is 33.4 Å². The smallest absolute Gasteiger partial charge is 0.270 e. The average molecular weight is 325 g/mol. The molecule has 0 amide bonds. The van der Waals surface area contributed by atoms with Gasteiger partial charge in [-0.25, -0.2) is 12.7 Å². The van der Waals surface area contributed by atoms with Gasteiger partial charge in [-0.2, -0.15) is 5.10 Å². The van der Waals surface area contributed by atoms with Crippen LogP contribution in [-0.4, -0.2) is 24.7 Å². The minimum atomic E-state index is -3.84. The number of aromatic nitrogens is 2. The Labute approximate surface area is 127 Å². The van der Waals surface area contributed by atoms with Crippen LogP contribution in [0.1, 0.15) is 12.5 Å². The Balaban J connectivity index is 2.34. The minimum Gasteiger partial charge on any atom is -0.323 e. The fraction of sp³-hybridized carbons (Fsp3) is 0.154. The van der Waals surface area contributed by atoms with Crippen molar-refractivity contribution in [1.82, 2.24) is 10.2 Å². The molecule has 0 spiro atoms. The number of nitrogens with two attached hydrogens (primary N) is 1. The van der Waals surface area contributed by atoms with Gasteiger partial charge < -0.3 is 5.73 Å². The van der Waals surface area contributed by atoms with Crippen molar-refractivity contribution in [3.8, 4) is 0 Å². The van der Waals surface area contributed by atoms with Gasteiger partial charge in [0.2, 0.25) is 0 Å². The lowest BCUT2D eigenvalue weighted by molar-refractivity contribution is 0.591. The summed E-state index contributed by atoms with van der Waals surface area (Å²) in [6, 6.07) is 4.49. The third-order valence-electron chi connectivity index (χ3n) is 3.22. The molecular formula is C13H13ClN4O2S. The zero-order chi connectivity index (χ0) is 15.2. The van der Waals surface area contributed by atoms with E-state index in [9.17, 15) is 8.42 Å². The second kappa shape index (κ2) is 4.87. The van der Waals surface area contributed by atoms with Gasteiger partial charge in [0.15, 0.2) is 0 Å². The van der Waals surface area contributed by atoms with Crippen LogP contribution >= 0.6 is 11.6 Å². The Morgan fingerprint density at radius 2 is 2.19 bits per heavy atom. The van der Waals surface area contributed by atoms with E-state index in [1.54, 1.807) is 31.2 Å². The lowest BCUT2D eigenvalue weighted by Gasteiger charge is -2.32. The molecule has 2 aromatic rings. The number of sulfonamides is 1. The third kappa shape index (κ3) is 2.14. The van der Waals surface area contributed by atoms with Crippen molar-refractivity contribution < 1.29 is 8.42 Å². The summed E-state index contributed by atoms with van der Waals surface area (Å²) < 4.78 is 27.1. The highest BCUT2D eigenvalue weighted by Crippen LogP contribution is 2.39.